The van der Waals surface area contributed by atoms with Gasteiger partial charge in [-0.2, -0.15) is 0 Å². The number of hydrogen-bond acceptors (Lipinski definition) is 4. The first-order valence-electron chi connectivity index (χ1n) is 11.5. The number of aromatic nitrogens is 3. The van der Waals surface area contributed by atoms with Gasteiger partial charge >= 0.3 is 0 Å². The van der Waals surface area contributed by atoms with Gasteiger partial charge in [0, 0.05) is 42.8 Å². The van der Waals surface area contributed by atoms with Crippen LogP contribution in [0.15, 0.2) is 60.7 Å². The molecule has 170 valence electrons. The Morgan fingerprint density at radius 2 is 1.76 bits per heavy atom. The molecule has 1 fully saturated rings. The largest absolute Gasteiger partial charge is 0.368 e. The molecule has 0 saturated carbocycles. The highest BCUT2D eigenvalue weighted by Crippen LogP contribution is 2.26. The summed E-state index contributed by atoms with van der Waals surface area (Å²) in [6, 6.07) is 20.2. The lowest BCUT2D eigenvalue weighted by atomic mass is 10.1. The maximum Gasteiger partial charge on any atom is 0.254 e. The molecule has 0 spiro atoms. The minimum Gasteiger partial charge on any atom is -0.368 e. The number of para-hydroxylation sites is 2. The van der Waals surface area contributed by atoms with E-state index in [4.69, 9.17) is 17.2 Å². The molecule has 7 heteroatoms. The molecule has 6 nitrogen and oxygen atoms in total. The molecule has 0 aliphatic carbocycles. The first kappa shape index (κ1) is 20.9. The topological polar surface area (TPSA) is 56.6 Å². The van der Waals surface area contributed by atoms with Crippen molar-refractivity contribution in [2.45, 2.75) is 13.8 Å². The number of amides is 1. The quantitative estimate of drug-likeness (QED) is 0.359. The Morgan fingerprint density at radius 3 is 2.59 bits per heavy atom. The lowest BCUT2D eigenvalue weighted by molar-refractivity contribution is 0.0747. The van der Waals surface area contributed by atoms with Crippen molar-refractivity contribution in [3.63, 3.8) is 0 Å². The molecule has 0 radical (unpaired) electrons. The zero-order chi connectivity index (χ0) is 23.4. The molecule has 6 rings (SSSR count). The number of fused-ring (bicyclic) bond motifs is 5. The summed E-state index contributed by atoms with van der Waals surface area (Å²) in [6.07, 6.45) is 0. The predicted molar refractivity (Wildman–Crippen MR) is 139 cm³/mol. The molecule has 0 atom stereocenters. The Kier molecular flexibility index (Phi) is 4.88. The third kappa shape index (κ3) is 3.27. The molecule has 1 N–H and O–H groups in total. The maximum atomic E-state index is 13.3. The number of imidazole rings is 1. The number of nitrogens with zero attached hydrogens (tertiary/aromatic N) is 4. The minimum atomic E-state index is 0.0511. The molecule has 1 aliphatic heterocycles. The summed E-state index contributed by atoms with van der Waals surface area (Å²) in [5.74, 6) is 0.0511. The highest BCUT2D eigenvalue weighted by molar-refractivity contribution is 7.71. The number of rotatable bonds is 2. The van der Waals surface area contributed by atoms with Crippen molar-refractivity contribution in [2.75, 3.05) is 31.1 Å². The Morgan fingerprint density at radius 1 is 0.971 bits per heavy atom. The van der Waals surface area contributed by atoms with E-state index in [0.717, 1.165) is 40.7 Å². The van der Waals surface area contributed by atoms with Crippen LogP contribution in [0.4, 0.5) is 5.69 Å². The first-order chi connectivity index (χ1) is 16.5. The van der Waals surface area contributed by atoms with E-state index in [9.17, 15) is 4.79 Å². The second-order valence-electron chi connectivity index (χ2n) is 8.95. The van der Waals surface area contributed by atoms with Gasteiger partial charge in [-0.1, -0.05) is 24.3 Å². The Bertz CT molecular complexity index is 1640. The van der Waals surface area contributed by atoms with Crippen molar-refractivity contribution < 1.29 is 4.79 Å². The number of piperazine rings is 1. The number of carbonyl (C=O) groups is 1. The van der Waals surface area contributed by atoms with Gasteiger partial charge in [0.05, 0.1) is 16.6 Å². The van der Waals surface area contributed by atoms with Crippen LogP contribution in [0.2, 0.25) is 0 Å². The standard InChI is InChI=1S/C27H25N5OS/c1-17-6-5-9-23(18(17)2)30-12-14-31(15-13-30)26(33)19-10-11-20-22(16-19)29-27(34)32-24-8-4-3-7-21(24)28-25(20)32/h3-11,16H,12-15H2,1-2H3,(H,29,34). The van der Waals surface area contributed by atoms with Gasteiger partial charge in [0.25, 0.3) is 5.91 Å². The van der Waals surface area contributed by atoms with Crippen LogP contribution in [-0.4, -0.2) is 51.4 Å². The molecule has 3 heterocycles. The van der Waals surface area contributed by atoms with E-state index in [-0.39, 0.29) is 5.91 Å². The van der Waals surface area contributed by atoms with Gasteiger partial charge in [0.1, 0.15) is 5.65 Å². The Hall–Kier alpha value is -3.71. The maximum absolute atomic E-state index is 13.3. The SMILES string of the molecule is Cc1cccc(N2CCN(C(=O)c3ccc4c(c3)[nH]c(=S)n3c5ccccc5nc43)CC2)c1C. The highest BCUT2D eigenvalue weighted by atomic mass is 32.1. The fourth-order valence-electron chi connectivity index (χ4n) is 4.97. The van der Waals surface area contributed by atoms with Gasteiger partial charge in [-0.25, -0.2) is 4.98 Å². The minimum absolute atomic E-state index is 0.0511. The second kappa shape index (κ2) is 7.95. The van der Waals surface area contributed by atoms with Crippen LogP contribution in [0.25, 0.3) is 27.6 Å². The lowest BCUT2D eigenvalue weighted by Crippen LogP contribution is -2.49. The molecule has 1 aliphatic rings. The van der Waals surface area contributed by atoms with Crippen LogP contribution in [-0.2, 0) is 0 Å². The summed E-state index contributed by atoms with van der Waals surface area (Å²) in [5, 5.41) is 0.945. The molecule has 1 amide bonds. The zero-order valence-electron chi connectivity index (χ0n) is 19.2. The number of hydrogen-bond donors (Lipinski definition) is 1. The molecule has 5 aromatic rings. The molecule has 1 saturated heterocycles. The van der Waals surface area contributed by atoms with Crippen molar-refractivity contribution in [3.8, 4) is 0 Å². The number of benzene rings is 3. The van der Waals surface area contributed by atoms with Gasteiger partial charge < -0.3 is 14.8 Å². The van der Waals surface area contributed by atoms with Gasteiger partial charge in [-0.3, -0.25) is 9.20 Å². The highest BCUT2D eigenvalue weighted by Gasteiger charge is 2.24. The molecule has 3 aromatic carbocycles. The van der Waals surface area contributed by atoms with E-state index in [1.54, 1.807) is 0 Å². The predicted octanol–water partition coefficient (Wildman–Crippen LogP) is 5.28. The lowest BCUT2D eigenvalue weighted by Gasteiger charge is -2.37. The van der Waals surface area contributed by atoms with Crippen LogP contribution in [0.3, 0.4) is 0 Å². The Balaban J connectivity index is 1.29. The van der Waals surface area contributed by atoms with E-state index in [2.05, 4.69) is 41.9 Å². The van der Waals surface area contributed by atoms with E-state index in [1.165, 1.54) is 16.8 Å². The first-order valence-corrected chi connectivity index (χ1v) is 12.0. The van der Waals surface area contributed by atoms with E-state index in [1.807, 2.05) is 51.8 Å². The second-order valence-corrected chi connectivity index (χ2v) is 9.34. The van der Waals surface area contributed by atoms with Crippen molar-refractivity contribution in [3.05, 3.63) is 82.1 Å². The third-order valence-electron chi connectivity index (χ3n) is 7.00. The average Bonchev–Trinajstić information content (AvgIpc) is 3.26. The summed E-state index contributed by atoms with van der Waals surface area (Å²) in [7, 11) is 0. The van der Waals surface area contributed by atoms with Crippen LogP contribution >= 0.6 is 12.2 Å². The molecule has 0 bridgehead atoms. The van der Waals surface area contributed by atoms with Crippen molar-refractivity contribution in [1.29, 1.82) is 0 Å². The van der Waals surface area contributed by atoms with Crippen LogP contribution in [0.1, 0.15) is 21.5 Å². The Labute approximate surface area is 202 Å². The average molecular weight is 468 g/mol. The van der Waals surface area contributed by atoms with Gasteiger partial charge in [0.15, 0.2) is 4.77 Å². The summed E-state index contributed by atoms with van der Waals surface area (Å²) in [4.78, 5) is 25.8. The number of nitrogens with one attached hydrogen (secondary N) is 1. The van der Waals surface area contributed by atoms with E-state index < -0.39 is 0 Å². The fraction of sp³-hybridized carbons (Fsp3) is 0.222. The molecular formula is C27H25N5OS. The molecule has 0 unspecified atom stereocenters. The summed E-state index contributed by atoms with van der Waals surface area (Å²) >= 11 is 5.64. The zero-order valence-corrected chi connectivity index (χ0v) is 20.0. The van der Waals surface area contributed by atoms with Crippen LogP contribution < -0.4 is 4.90 Å². The van der Waals surface area contributed by atoms with E-state index >= 15 is 0 Å². The van der Waals surface area contributed by atoms with Gasteiger partial charge in [0.2, 0.25) is 0 Å². The number of anilines is 1. The third-order valence-corrected chi connectivity index (χ3v) is 7.28. The molecule has 34 heavy (non-hydrogen) atoms. The normalized spacial score (nSPS) is 14.4. The summed E-state index contributed by atoms with van der Waals surface area (Å²) in [6.45, 7) is 7.36. The summed E-state index contributed by atoms with van der Waals surface area (Å²) in [5.41, 5.74) is 8.04. The van der Waals surface area contributed by atoms with Crippen molar-refractivity contribution >= 4 is 51.4 Å². The number of H-pyrrole nitrogens is 1. The molecule has 2 aromatic heterocycles. The van der Waals surface area contributed by atoms with Crippen molar-refractivity contribution in [2.24, 2.45) is 0 Å². The van der Waals surface area contributed by atoms with Gasteiger partial charge in [-0.05, 0) is 73.6 Å². The van der Waals surface area contributed by atoms with E-state index in [0.29, 0.717) is 23.4 Å². The van der Waals surface area contributed by atoms with Crippen molar-refractivity contribution in [1.82, 2.24) is 19.3 Å². The number of aromatic amines is 1. The van der Waals surface area contributed by atoms with Gasteiger partial charge in [-0.15, -0.1) is 0 Å². The summed E-state index contributed by atoms with van der Waals surface area (Å²) < 4.78 is 2.53. The number of aryl methyl sites for hydroxylation is 1. The van der Waals surface area contributed by atoms with Crippen LogP contribution in [0.5, 0.6) is 0 Å². The molecular weight excluding hydrogens is 442 g/mol. The smallest absolute Gasteiger partial charge is 0.254 e. The monoisotopic (exact) mass is 467 g/mol. The number of carbonyl (C=O) groups excluding carboxylic acids is 1. The fourth-order valence-corrected chi connectivity index (χ4v) is 5.27. The van der Waals surface area contributed by atoms with Crippen LogP contribution in [0, 0.1) is 18.6 Å².